The van der Waals surface area contributed by atoms with E-state index in [1.807, 2.05) is 0 Å². The normalized spacial score (nSPS) is 13.0. The lowest BCUT2D eigenvalue weighted by Crippen LogP contribution is -2.30. The molecule has 0 saturated carbocycles. The number of allylic oxidation sites excluding steroid dienone is 20. The fourth-order valence-corrected chi connectivity index (χ4v) is 8.13. The first-order valence-electron chi connectivity index (χ1n) is 30.5. The highest BCUT2D eigenvalue weighted by Gasteiger charge is 2.19. The van der Waals surface area contributed by atoms with Crippen LogP contribution in [0.1, 0.15) is 271 Å². The highest BCUT2D eigenvalue weighted by molar-refractivity contribution is 5.71. The standard InChI is InChI=1S/C68H112O6/c1-4-7-10-13-16-19-22-24-26-28-30-31-32-33-34-35-36-37-39-40-42-44-46-49-52-55-58-61-67(70)73-64-65(63-72-66(69)60-57-54-51-48-21-18-15-12-9-6-3)74-68(71)62-59-56-53-50-47-45-43-41-38-29-27-25-23-20-17-14-11-8-5-2/h7,10,16-17,19-20,24-27,30-31,33-34,36-37,40,42,46,49,65H,4-6,8-9,11-15,18,21-23,28-29,32,35,38-39,41,43-45,47-48,50-64H2,1-3H3/b10-7-,19-16-,20-17-,26-24-,27-25-,31-30-,34-33-,37-36-,42-40-,49-46-. The first-order chi connectivity index (χ1) is 36.5. The lowest BCUT2D eigenvalue weighted by atomic mass is 10.1. The van der Waals surface area contributed by atoms with Crippen molar-refractivity contribution in [3.8, 4) is 0 Å². The number of rotatable bonds is 54. The highest BCUT2D eigenvalue weighted by Crippen LogP contribution is 2.15. The van der Waals surface area contributed by atoms with Crippen molar-refractivity contribution in [2.24, 2.45) is 0 Å². The number of carbonyl (C=O) groups excluding carboxylic acids is 3. The van der Waals surface area contributed by atoms with Crippen molar-refractivity contribution in [3.63, 3.8) is 0 Å². The van der Waals surface area contributed by atoms with Gasteiger partial charge in [0.1, 0.15) is 13.2 Å². The summed E-state index contributed by atoms with van der Waals surface area (Å²) in [5.74, 6) is -0.944. The van der Waals surface area contributed by atoms with Crippen LogP contribution in [0.4, 0.5) is 0 Å². The summed E-state index contributed by atoms with van der Waals surface area (Å²) in [5, 5.41) is 0. The van der Waals surface area contributed by atoms with Crippen molar-refractivity contribution >= 4 is 17.9 Å². The summed E-state index contributed by atoms with van der Waals surface area (Å²) in [6.45, 7) is 6.45. The van der Waals surface area contributed by atoms with E-state index in [0.717, 1.165) is 116 Å². The Hall–Kier alpha value is -4.19. The average Bonchev–Trinajstić information content (AvgIpc) is 3.40. The van der Waals surface area contributed by atoms with Gasteiger partial charge in [-0.3, -0.25) is 14.4 Å². The maximum atomic E-state index is 12.9. The van der Waals surface area contributed by atoms with E-state index in [1.165, 1.54) is 116 Å². The number of carbonyl (C=O) groups is 3. The molecular weight excluding hydrogens is 913 g/mol. The van der Waals surface area contributed by atoms with Gasteiger partial charge in [-0.1, -0.05) is 258 Å². The molecule has 0 aromatic rings. The van der Waals surface area contributed by atoms with E-state index in [-0.39, 0.29) is 31.1 Å². The summed E-state index contributed by atoms with van der Waals surface area (Å²) in [6.07, 6.45) is 84.8. The van der Waals surface area contributed by atoms with Gasteiger partial charge in [0, 0.05) is 19.3 Å². The zero-order valence-corrected chi connectivity index (χ0v) is 48.1. The van der Waals surface area contributed by atoms with Crippen molar-refractivity contribution in [2.45, 2.75) is 277 Å². The molecule has 1 atom stereocenters. The molecule has 6 nitrogen and oxygen atoms in total. The Kier molecular flexibility index (Phi) is 57.9. The van der Waals surface area contributed by atoms with E-state index in [9.17, 15) is 14.4 Å². The maximum Gasteiger partial charge on any atom is 0.306 e. The third-order valence-corrected chi connectivity index (χ3v) is 12.7. The Balaban J connectivity index is 4.38. The highest BCUT2D eigenvalue weighted by atomic mass is 16.6. The Morgan fingerprint density at radius 2 is 0.527 bits per heavy atom. The Bertz CT molecular complexity index is 1550. The molecule has 0 rings (SSSR count). The van der Waals surface area contributed by atoms with Crippen molar-refractivity contribution in [1.29, 1.82) is 0 Å². The third-order valence-electron chi connectivity index (χ3n) is 12.7. The van der Waals surface area contributed by atoms with Gasteiger partial charge in [0.05, 0.1) is 0 Å². The van der Waals surface area contributed by atoms with Crippen LogP contribution in [-0.2, 0) is 28.6 Å². The second-order valence-corrected chi connectivity index (χ2v) is 19.9. The Morgan fingerprint density at radius 1 is 0.284 bits per heavy atom. The van der Waals surface area contributed by atoms with Crippen LogP contribution in [0.15, 0.2) is 122 Å². The van der Waals surface area contributed by atoms with E-state index in [0.29, 0.717) is 19.3 Å². The number of hydrogen-bond donors (Lipinski definition) is 0. The molecule has 420 valence electrons. The lowest BCUT2D eigenvalue weighted by molar-refractivity contribution is -0.167. The predicted octanol–water partition coefficient (Wildman–Crippen LogP) is 20.8. The molecule has 0 aliphatic carbocycles. The number of hydrogen-bond acceptors (Lipinski definition) is 6. The van der Waals surface area contributed by atoms with Gasteiger partial charge < -0.3 is 14.2 Å². The molecule has 74 heavy (non-hydrogen) atoms. The largest absolute Gasteiger partial charge is 0.462 e. The van der Waals surface area contributed by atoms with Gasteiger partial charge >= 0.3 is 17.9 Å². The Morgan fingerprint density at radius 3 is 0.878 bits per heavy atom. The number of ether oxygens (including phenoxy) is 3. The molecule has 0 aromatic carbocycles. The van der Waals surface area contributed by atoms with E-state index < -0.39 is 6.10 Å². The zero-order chi connectivity index (χ0) is 53.6. The van der Waals surface area contributed by atoms with Crippen LogP contribution in [0.25, 0.3) is 0 Å². The minimum atomic E-state index is -0.800. The molecule has 0 amide bonds. The molecule has 0 saturated heterocycles. The van der Waals surface area contributed by atoms with E-state index in [2.05, 4.69) is 142 Å². The summed E-state index contributed by atoms with van der Waals surface area (Å²) >= 11 is 0. The monoisotopic (exact) mass is 1020 g/mol. The first kappa shape index (κ1) is 69.8. The van der Waals surface area contributed by atoms with Crippen LogP contribution >= 0.6 is 0 Å². The number of esters is 3. The second-order valence-electron chi connectivity index (χ2n) is 19.9. The van der Waals surface area contributed by atoms with Crippen LogP contribution < -0.4 is 0 Å². The first-order valence-corrected chi connectivity index (χ1v) is 30.5. The molecule has 0 aliphatic heterocycles. The topological polar surface area (TPSA) is 78.9 Å². The summed E-state index contributed by atoms with van der Waals surface area (Å²) in [7, 11) is 0. The number of unbranched alkanes of at least 4 members (excludes halogenated alkanes) is 23. The fraction of sp³-hybridized carbons (Fsp3) is 0.662. The second kappa shape index (κ2) is 61.4. The van der Waals surface area contributed by atoms with E-state index in [4.69, 9.17) is 14.2 Å². The van der Waals surface area contributed by atoms with Crippen molar-refractivity contribution < 1.29 is 28.6 Å². The maximum absolute atomic E-state index is 12.9. The van der Waals surface area contributed by atoms with Gasteiger partial charge in [0.2, 0.25) is 0 Å². The zero-order valence-electron chi connectivity index (χ0n) is 48.1. The molecule has 0 spiro atoms. The van der Waals surface area contributed by atoms with Gasteiger partial charge in [0.15, 0.2) is 6.10 Å². The van der Waals surface area contributed by atoms with Gasteiger partial charge in [-0.25, -0.2) is 0 Å². The van der Waals surface area contributed by atoms with Gasteiger partial charge in [0.25, 0.3) is 0 Å². The molecule has 6 heteroatoms. The van der Waals surface area contributed by atoms with Crippen LogP contribution in [0, 0.1) is 0 Å². The van der Waals surface area contributed by atoms with Crippen LogP contribution in [0.2, 0.25) is 0 Å². The molecule has 0 N–H and O–H groups in total. The van der Waals surface area contributed by atoms with E-state index in [1.54, 1.807) is 0 Å². The van der Waals surface area contributed by atoms with Crippen LogP contribution in [-0.4, -0.2) is 37.2 Å². The van der Waals surface area contributed by atoms with Crippen LogP contribution in [0.3, 0.4) is 0 Å². The molecule has 0 radical (unpaired) electrons. The van der Waals surface area contributed by atoms with Crippen molar-refractivity contribution in [3.05, 3.63) is 122 Å². The van der Waals surface area contributed by atoms with Crippen LogP contribution in [0.5, 0.6) is 0 Å². The molecule has 1 unspecified atom stereocenters. The quantitative estimate of drug-likeness (QED) is 0.0261. The summed E-state index contributed by atoms with van der Waals surface area (Å²) in [5.41, 5.74) is 0. The summed E-state index contributed by atoms with van der Waals surface area (Å²) < 4.78 is 16.8. The summed E-state index contributed by atoms with van der Waals surface area (Å²) in [6, 6.07) is 0. The van der Waals surface area contributed by atoms with Crippen molar-refractivity contribution in [1.82, 2.24) is 0 Å². The van der Waals surface area contributed by atoms with Gasteiger partial charge in [-0.05, 0) is 116 Å². The van der Waals surface area contributed by atoms with Gasteiger partial charge in [-0.15, -0.1) is 0 Å². The minimum absolute atomic E-state index is 0.0942. The minimum Gasteiger partial charge on any atom is -0.462 e. The predicted molar refractivity (Wildman–Crippen MR) is 320 cm³/mol. The van der Waals surface area contributed by atoms with Crippen molar-refractivity contribution in [2.75, 3.05) is 13.2 Å². The molecule has 0 heterocycles. The molecule has 0 bridgehead atoms. The fourth-order valence-electron chi connectivity index (χ4n) is 8.13. The Labute approximate surface area is 456 Å². The molecule has 0 aliphatic rings. The summed E-state index contributed by atoms with van der Waals surface area (Å²) in [4.78, 5) is 38.1. The third kappa shape index (κ3) is 58.7. The van der Waals surface area contributed by atoms with Gasteiger partial charge in [-0.2, -0.15) is 0 Å². The SMILES string of the molecule is CC/C=C\C/C=C\C/C=C\C/C=C\C/C=C\C/C=C\C/C=C\C/C=C\CCCCC(=O)OCC(COC(=O)CCCCCCCCCCCC)OC(=O)CCCCCCCCCCC/C=C\C/C=C\CCCCC. The molecular formula is C68H112O6. The lowest BCUT2D eigenvalue weighted by Gasteiger charge is -2.18. The molecule has 0 aromatic heterocycles. The molecule has 0 fully saturated rings. The smallest absolute Gasteiger partial charge is 0.306 e. The van der Waals surface area contributed by atoms with E-state index >= 15 is 0 Å². The average molecular weight is 1030 g/mol.